The lowest BCUT2D eigenvalue weighted by Gasteiger charge is -2.38. The molecule has 0 spiro atoms. The van der Waals surface area contributed by atoms with Gasteiger partial charge in [-0.25, -0.2) is 0 Å². The summed E-state index contributed by atoms with van der Waals surface area (Å²) in [6.45, 7) is 15.3. The standard InChI is InChI=1S/C14H32Si2/c1-15(2,3)11-13-9-7-8-10-14(13)12-16(4,5)6/h13-14H,7-12H2,1-6H3. The molecule has 1 aliphatic rings. The first-order valence-corrected chi connectivity index (χ1v) is 14.6. The summed E-state index contributed by atoms with van der Waals surface area (Å²) in [4.78, 5) is 0. The Hall–Kier alpha value is 0.434. The van der Waals surface area contributed by atoms with Gasteiger partial charge < -0.3 is 0 Å². The topological polar surface area (TPSA) is 0 Å². The Labute approximate surface area is 105 Å². The fourth-order valence-corrected chi connectivity index (χ4v) is 7.62. The van der Waals surface area contributed by atoms with Crippen LogP contribution < -0.4 is 0 Å². The summed E-state index contributed by atoms with van der Waals surface area (Å²) < 4.78 is 0. The van der Waals surface area contributed by atoms with Gasteiger partial charge in [0.25, 0.3) is 0 Å². The van der Waals surface area contributed by atoms with Gasteiger partial charge in [0.15, 0.2) is 0 Å². The van der Waals surface area contributed by atoms with Crippen molar-refractivity contribution in [2.45, 2.75) is 77.1 Å². The van der Waals surface area contributed by atoms with Gasteiger partial charge in [-0.15, -0.1) is 0 Å². The number of rotatable bonds is 4. The maximum atomic E-state index is 2.55. The molecule has 0 radical (unpaired) electrons. The summed E-state index contributed by atoms with van der Waals surface area (Å²) in [7, 11) is -1.69. The zero-order valence-electron chi connectivity index (χ0n) is 12.4. The summed E-state index contributed by atoms with van der Waals surface area (Å²) in [6.07, 6.45) is 6.10. The first-order valence-electron chi connectivity index (χ1n) is 7.17. The minimum absolute atomic E-state index is 0.846. The van der Waals surface area contributed by atoms with Crippen LogP contribution in [0.2, 0.25) is 51.4 Å². The summed E-state index contributed by atoms with van der Waals surface area (Å²) in [5.41, 5.74) is 0. The van der Waals surface area contributed by atoms with Gasteiger partial charge in [0.05, 0.1) is 0 Å². The van der Waals surface area contributed by atoms with E-state index in [0.29, 0.717) is 0 Å². The molecule has 0 amide bonds. The van der Waals surface area contributed by atoms with Gasteiger partial charge in [0, 0.05) is 16.1 Å². The normalized spacial score (nSPS) is 28.1. The van der Waals surface area contributed by atoms with E-state index < -0.39 is 16.1 Å². The second kappa shape index (κ2) is 5.39. The zero-order valence-corrected chi connectivity index (χ0v) is 14.4. The van der Waals surface area contributed by atoms with E-state index in [4.69, 9.17) is 0 Å². The van der Waals surface area contributed by atoms with Crippen molar-refractivity contribution in [2.75, 3.05) is 0 Å². The van der Waals surface area contributed by atoms with Crippen LogP contribution in [0.4, 0.5) is 0 Å². The van der Waals surface area contributed by atoms with E-state index in [1.54, 1.807) is 24.9 Å². The van der Waals surface area contributed by atoms with Crippen LogP contribution in [-0.4, -0.2) is 16.1 Å². The molecule has 0 nitrogen and oxygen atoms in total. The highest BCUT2D eigenvalue weighted by atomic mass is 28.3. The molecule has 2 unspecified atom stereocenters. The maximum Gasteiger partial charge on any atom is 0.0445 e. The van der Waals surface area contributed by atoms with Crippen molar-refractivity contribution in [3.8, 4) is 0 Å². The van der Waals surface area contributed by atoms with Gasteiger partial charge >= 0.3 is 0 Å². The molecule has 0 aromatic rings. The van der Waals surface area contributed by atoms with Gasteiger partial charge in [-0.05, 0) is 11.8 Å². The Balaban J connectivity index is 2.57. The first kappa shape index (κ1) is 14.5. The molecule has 2 heteroatoms. The van der Waals surface area contributed by atoms with E-state index >= 15 is 0 Å². The van der Waals surface area contributed by atoms with Crippen LogP contribution in [0.15, 0.2) is 0 Å². The molecule has 0 N–H and O–H groups in total. The van der Waals surface area contributed by atoms with E-state index in [1.807, 2.05) is 0 Å². The Morgan fingerprint density at radius 3 is 1.25 bits per heavy atom. The molecule has 1 aliphatic carbocycles. The van der Waals surface area contributed by atoms with Gasteiger partial charge in [-0.3, -0.25) is 0 Å². The zero-order chi connectivity index (χ0) is 12.4. The van der Waals surface area contributed by atoms with Gasteiger partial charge in [0.2, 0.25) is 0 Å². The minimum Gasteiger partial charge on any atom is -0.0695 e. The summed E-state index contributed by atoms with van der Waals surface area (Å²) in [6, 6.07) is 3.17. The van der Waals surface area contributed by atoms with Crippen LogP contribution in [0.5, 0.6) is 0 Å². The third-order valence-electron chi connectivity index (χ3n) is 3.82. The van der Waals surface area contributed by atoms with Gasteiger partial charge in [0.1, 0.15) is 0 Å². The van der Waals surface area contributed by atoms with E-state index in [1.165, 1.54) is 12.8 Å². The molecule has 0 aromatic carbocycles. The van der Waals surface area contributed by atoms with Crippen LogP contribution in [0.25, 0.3) is 0 Å². The van der Waals surface area contributed by atoms with Crippen molar-refractivity contribution in [1.82, 2.24) is 0 Å². The molecule has 1 fully saturated rings. The highest BCUT2D eigenvalue weighted by molar-refractivity contribution is 6.76. The highest BCUT2D eigenvalue weighted by Crippen LogP contribution is 2.40. The Morgan fingerprint density at radius 2 is 1.00 bits per heavy atom. The highest BCUT2D eigenvalue weighted by Gasteiger charge is 2.32. The van der Waals surface area contributed by atoms with Crippen LogP contribution in [0.1, 0.15) is 25.7 Å². The van der Waals surface area contributed by atoms with Gasteiger partial charge in [-0.2, -0.15) is 0 Å². The van der Waals surface area contributed by atoms with Crippen molar-refractivity contribution >= 4 is 16.1 Å². The molecule has 1 rings (SSSR count). The molecule has 0 saturated heterocycles. The molecule has 0 aliphatic heterocycles. The van der Waals surface area contributed by atoms with Crippen LogP contribution >= 0.6 is 0 Å². The molecule has 16 heavy (non-hydrogen) atoms. The van der Waals surface area contributed by atoms with Crippen LogP contribution in [0.3, 0.4) is 0 Å². The summed E-state index contributed by atoms with van der Waals surface area (Å²) in [5.74, 6) is 2.18. The van der Waals surface area contributed by atoms with E-state index in [0.717, 1.165) is 11.8 Å². The van der Waals surface area contributed by atoms with E-state index in [-0.39, 0.29) is 0 Å². The van der Waals surface area contributed by atoms with Crippen LogP contribution in [-0.2, 0) is 0 Å². The molecule has 96 valence electrons. The number of hydrogen-bond acceptors (Lipinski definition) is 0. The number of hydrogen-bond donors (Lipinski definition) is 0. The largest absolute Gasteiger partial charge is 0.0695 e. The SMILES string of the molecule is C[Si](C)(C)CC1CCCCC1C[Si](C)(C)C. The fourth-order valence-electron chi connectivity index (χ4n) is 3.40. The van der Waals surface area contributed by atoms with Crippen molar-refractivity contribution in [1.29, 1.82) is 0 Å². The second-order valence-corrected chi connectivity index (χ2v) is 19.4. The summed E-state index contributed by atoms with van der Waals surface area (Å²) >= 11 is 0. The molecular weight excluding hydrogens is 224 g/mol. The van der Waals surface area contributed by atoms with Crippen molar-refractivity contribution in [2.24, 2.45) is 11.8 Å². The lowest BCUT2D eigenvalue weighted by Crippen LogP contribution is -2.34. The quantitative estimate of drug-likeness (QED) is 0.585. The van der Waals surface area contributed by atoms with E-state index in [9.17, 15) is 0 Å². The predicted octanol–water partition coefficient (Wildman–Crippen LogP) is 5.47. The minimum atomic E-state index is -0.846. The molecule has 0 bridgehead atoms. The third kappa shape index (κ3) is 5.67. The predicted molar refractivity (Wildman–Crippen MR) is 81.8 cm³/mol. The second-order valence-electron chi connectivity index (χ2n) is 8.33. The average Bonchev–Trinajstić information content (AvgIpc) is 2.03. The Bertz CT molecular complexity index is 186. The maximum absolute atomic E-state index is 2.55. The monoisotopic (exact) mass is 256 g/mol. The Kier molecular flexibility index (Phi) is 4.88. The molecule has 2 atom stereocenters. The first-order chi connectivity index (χ1) is 7.17. The fraction of sp³-hybridized carbons (Fsp3) is 1.00. The van der Waals surface area contributed by atoms with Crippen molar-refractivity contribution in [3.63, 3.8) is 0 Å². The lowest BCUT2D eigenvalue weighted by molar-refractivity contribution is 0.273. The third-order valence-corrected chi connectivity index (χ3v) is 7.31. The summed E-state index contributed by atoms with van der Waals surface area (Å²) in [5, 5.41) is 0. The average molecular weight is 257 g/mol. The van der Waals surface area contributed by atoms with Crippen molar-refractivity contribution < 1.29 is 0 Å². The Morgan fingerprint density at radius 1 is 0.688 bits per heavy atom. The molecular formula is C14H32Si2. The van der Waals surface area contributed by atoms with Crippen LogP contribution in [0, 0.1) is 11.8 Å². The van der Waals surface area contributed by atoms with Gasteiger partial charge in [-0.1, -0.05) is 77.1 Å². The molecule has 1 saturated carbocycles. The van der Waals surface area contributed by atoms with Crippen molar-refractivity contribution in [3.05, 3.63) is 0 Å². The lowest BCUT2D eigenvalue weighted by atomic mass is 9.81. The smallest absolute Gasteiger partial charge is 0.0445 e. The van der Waals surface area contributed by atoms with E-state index in [2.05, 4.69) is 39.3 Å². The molecule has 0 aromatic heterocycles. The molecule has 0 heterocycles.